The molecule has 1 unspecified atom stereocenters. The molecule has 0 fully saturated rings. The number of esters is 1. The molecule has 0 radical (unpaired) electrons. The van der Waals surface area contributed by atoms with Crippen molar-refractivity contribution in [2.75, 3.05) is 5.32 Å². The summed E-state index contributed by atoms with van der Waals surface area (Å²) in [5.41, 5.74) is 0.0229. The van der Waals surface area contributed by atoms with Crippen molar-refractivity contribution >= 4 is 28.9 Å². The number of alkyl halides is 3. The molecule has 1 amide bonds. The minimum atomic E-state index is -4.62. The van der Waals surface area contributed by atoms with Gasteiger partial charge in [-0.25, -0.2) is 4.98 Å². The van der Waals surface area contributed by atoms with E-state index in [0.717, 1.165) is 22.7 Å². The molecule has 2 aromatic carbocycles. The van der Waals surface area contributed by atoms with E-state index in [2.05, 4.69) is 10.3 Å². The summed E-state index contributed by atoms with van der Waals surface area (Å²) < 4.78 is 44.2. The maximum Gasteiger partial charge on any atom is 0.418 e. The van der Waals surface area contributed by atoms with Crippen LogP contribution in [0.1, 0.15) is 18.2 Å². The van der Waals surface area contributed by atoms with Gasteiger partial charge in [0.2, 0.25) is 0 Å². The fourth-order valence-corrected chi connectivity index (χ4v) is 3.44. The Hall–Kier alpha value is -3.20. The summed E-state index contributed by atoms with van der Waals surface area (Å²) in [6, 6.07) is 14.0. The molecule has 1 aromatic heterocycles. The first-order valence-corrected chi connectivity index (χ1v) is 9.78. The number of hydrogen-bond donors (Lipinski definition) is 1. The number of thiazole rings is 1. The summed E-state index contributed by atoms with van der Waals surface area (Å²) in [4.78, 5) is 28.7. The highest BCUT2D eigenvalue weighted by Crippen LogP contribution is 2.34. The number of anilines is 1. The Morgan fingerprint density at radius 3 is 2.47 bits per heavy atom. The first kappa shape index (κ1) is 21.5. The quantitative estimate of drug-likeness (QED) is 0.558. The average molecular weight is 434 g/mol. The molecule has 1 heterocycles. The summed E-state index contributed by atoms with van der Waals surface area (Å²) in [7, 11) is 0. The highest BCUT2D eigenvalue weighted by Gasteiger charge is 2.34. The third kappa shape index (κ3) is 5.44. The number of aromatic nitrogens is 1. The Bertz CT molecular complexity index is 1040. The van der Waals surface area contributed by atoms with Gasteiger partial charge >= 0.3 is 12.1 Å². The lowest BCUT2D eigenvalue weighted by Gasteiger charge is -2.16. The van der Waals surface area contributed by atoms with Crippen LogP contribution in [0.4, 0.5) is 18.9 Å². The third-order valence-electron chi connectivity index (χ3n) is 4.07. The van der Waals surface area contributed by atoms with Crippen molar-refractivity contribution < 1.29 is 27.5 Å². The van der Waals surface area contributed by atoms with Gasteiger partial charge in [0.05, 0.1) is 23.4 Å². The molecule has 0 saturated carbocycles. The van der Waals surface area contributed by atoms with E-state index in [1.54, 1.807) is 5.38 Å². The maximum absolute atomic E-state index is 13.0. The SMILES string of the molecule is CC(OC(=O)Cc1csc(-c2ccccc2)n1)C(=O)Nc1ccccc1C(F)(F)F. The number of hydrogen-bond acceptors (Lipinski definition) is 5. The van der Waals surface area contributed by atoms with Crippen LogP contribution in [0.15, 0.2) is 60.0 Å². The molecule has 1 atom stereocenters. The van der Waals surface area contributed by atoms with Crippen molar-refractivity contribution in [3.05, 3.63) is 71.2 Å². The molecule has 0 bridgehead atoms. The first-order chi connectivity index (χ1) is 14.2. The van der Waals surface area contributed by atoms with E-state index < -0.39 is 35.4 Å². The number of halogens is 3. The van der Waals surface area contributed by atoms with E-state index in [-0.39, 0.29) is 6.42 Å². The number of amides is 1. The molecule has 0 aliphatic carbocycles. The molecule has 0 spiro atoms. The van der Waals surface area contributed by atoms with Crippen LogP contribution in [0.5, 0.6) is 0 Å². The Labute approximate surface area is 174 Å². The molecule has 156 valence electrons. The molecule has 1 N–H and O–H groups in total. The van der Waals surface area contributed by atoms with Crippen molar-refractivity contribution in [2.24, 2.45) is 0 Å². The predicted octanol–water partition coefficient (Wildman–Crippen LogP) is 4.94. The van der Waals surface area contributed by atoms with Crippen LogP contribution in [-0.4, -0.2) is 23.0 Å². The van der Waals surface area contributed by atoms with Crippen molar-refractivity contribution in [3.8, 4) is 10.6 Å². The van der Waals surface area contributed by atoms with Crippen molar-refractivity contribution in [1.29, 1.82) is 0 Å². The number of para-hydroxylation sites is 1. The van der Waals surface area contributed by atoms with E-state index in [9.17, 15) is 22.8 Å². The van der Waals surface area contributed by atoms with Crippen molar-refractivity contribution in [1.82, 2.24) is 4.98 Å². The Morgan fingerprint density at radius 1 is 1.10 bits per heavy atom. The topological polar surface area (TPSA) is 68.3 Å². The summed E-state index contributed by atoms with van der Waals surface area (Å²) in [6.45, 7) is 1.29. The molecule has 0 aliphatic rings. The number of carbonyl (C=O) groups is 2. The normalized spacial score (nSPS) is 12.3. The Morgan fingerprint density at radius 2 is 1.77 bits per heavy atom. The van der Waals surface area contributed by atoms with Gasteiger partial charge in [-0.3, -0.25) is 9.59 Å². The van der Waals surface area contributed by atoms with Crippen LogP contribution in [0.2, 0.25) is 0 Å². The first-order valence-electron chi connectivity index (χ1n) is 8.90. The molecule has 5 nitrogen and oxygen atoms in total. The zero-order valence-electron chi connectivity index (χ0n) is 15.8. The molecule has 3 aromatic rings. The van der Waals surface area contributed by atoms with Crippen LogP contribution in [0.25, 0.3) is 10.6 Å². The highest BCUT2D eigenvalue weighted by atomic mass is 32.1. The van der Waals surface area contributed by atoms with Crippen LogP contribution in [0, 0.1) is 0 Å². The number of carbonyl (C=O) groups excluding carboxylic acids is 2. The van der Waals surface area contributed by atoms with E-state index in [0.29, 0.717) is 5.69 Å². The lowest BCUT2D eigenvalue weighted by Crippen LogP contribution is -2.31. The van der Waals surface area contributed by atoms with Crippen LogP contribution < -0.4 is 5.32 Å². The molecule has 9 heteroatoms. The van der Waals surface area contributed by atoms with Gasteiger partial charge in [0.25, 0.3) is 5.91 Å². The number of nitrogens with zero attached hydrogens (tertiary/aromatic N) is 1. The lowest BCUT2D eigenvalue weighted by atomic mass is 10.1. The summed E-state index contributed by atoms with van der Waals surface area (Å²) >= 11 is 1.37. The predicted molar refractivity (Wildman–Crippen MR) is 107 cm³/mol. The summed E-state index contributed by atoms with van der Waals surface area (Å²) in [5, 5.41) is 4.62. The van der Waals surface area contributed by atoms with Crippen LogP contribution >= 0.6 is 11.3 Å². The lowest BCUT2D eigenvalue weighted by molar-refractivity contribution is -0.152. The Kier molecular flexibility index (Phi) is 6.51. The van der Waals surface area contributed by atoms with Gasteiger partial charge in [0.1, 0.15) is 5.01 Å². The monoisotopic (exact) mass is 434 g/mol. The second-order valence-electron chi connectivity index (χ2n) is 6.35. The van der Waals surface area contributed by atoms with Gasteiger partial charge in [0.15, 0.2) is 6.10 Å². The number of benzene rings is 2. The molecule has 3 rings (SSSR count). The maximum atomic E-state index is 13.0. The minimum absolute atomic E-state index is 0.153. The van der Waals surface area contributed by atoms with Gasteiger partial charge in [-0.1, -0.05) is 42.5 Å². The van der Waals surface area contributed by atoms with Gasteiger partial charge in [0, 0.05) is 10.9 Å². The zero-order valence-corrected chi connectivity index (χ0v) is 16.6. The van der Waals surface area contributed by atoms with Crippen molar-refractivity contribution in [2.45, 2.75) is 25.6 Å². The van der Waals surface area contributed by atoms with Gasteiger partial charge < -0.3 is 10.1 Å². The molecule has 30 heavy (non-hydrogen) atoms. The van der Waals surface area contributed by atoms with Crippen LogP contribution in [0.3, 0.4) is 0 Å². The molecule has 0 saturated heterocycles. The number of ether oxygens (including phenoxy) is 1. The van der Waals surface area contributed by atoms with Gasteiger partial charge in [-0.05, 0) is 19.1 Å². The summed E-state index contributed by atoms with van der Waals surface area (Å²) in [6.07, 6.45) is -6.05. The van der Waals surface area contributed by atoms with E-state index in [1.165, 1.54) is 30.4 Å². The average Bonchev–Trinajstić information content (AvgIpc) is 3.16. The Balaban J connectivity index is 1.59. The second kappa shape index (κ2) is 9.08. The highest BCUT2D eigenvalue weighted by molar-refractivity contribution is 7.13. The number of rotatable bonds is 6. The standard InChI is InChI=1S/C21H17F3N2O3S/c1-13(19(28)26-17-10-6-5-9-16(17)21(22,23)24)29-18(27)11-15-12-30-20(25-15)14-7-3-2-4-8-14/h2-10,12-13H,11H2,1H3,(H,26,28). The molecular formula is C21H17F3N2O3S. The van der Waals surface area contributed by atoms with Gasteiger partial charge in [-0.15, -0.1) is 11.3 Å². The summed E-state index contributed by atoms with van der Waals surface area (Å²) in [5.74, 6) is -1.56. The van der Waals surface area contributed by atoms with E-state index >= 15 is 0 Å². The largest absolute Gasteiger partial charge is 0.452 e. The smallest absolute Gasteiger partial charge is 0.418 e. The van der Waals surface area contributed by atoms with E-state index in [4.69, 9.17) is 4.74 Å². The fourth-order valence-electron chi connectivity index (χ4n) is 2.62. The second-order valence-corrected chi connectivity index (χ2v) is 7.21. The minimum Gasteiger partial charge on any atom is -0.452 e. The molecule has 0 aliphatic heterocycles. The van der Waals surface area contributed by atoms with Crippen LogP contribution in [-0.2, 0) is 26.9 Å². The molecular weight excluding hydrogens is 417 g/mol. The van der Waals surface area contributed by atoms with E-state index in [1.807, 2.05) is 30.3 Å². The third-order valence-corrected chi connectivity index (χ3v) is 5.01. The number of nitrogens with one attached hydrogen (secondary N) is 1. The fraction of sp³-hybridized carbons (Fsp3) is 0.190. The van der Waals surface area contributed by atoms with Crippen molar-refractivity contribution in [3.63, 3.8) is 0 Å². The van der Waals surface area contributed by atoms with Gasteiger partial charge in [-0.2, -0.15) is 13.2 Å². The zero-order chi connectivity index (χ0) is 21.7.